The normalized spacial score (nSPS) is 24.9. The molecule has 2 saturated heterocycles. The Hall–Kier alpha value is -2.19. The molecular formula is C22H26N4O2S. The molecule has 2 aliphatic heterocycles. The minimum Gasteiger partial charge on any atom is -0.361 e. The van der Waals surface area contributed by atoms with E-state index in [1.54, 1.807) is 28.6 Å². The van der Waals surface area contributed by atoms with Crippen molar-refractivity contribution in [1.82, 2.24) is 19.5 Å². The lowest BCUT2D eigenvalue weighted by Gasteiger charge is -2.39. The fraction of sp³-hybridized carbons (Fsp3) is 0.364. The number of aromatic nitrogens is 1. The van der Waals surface area contributed by atoms with Gasteiger partial charge in [-0.3, -0.25) is 4.90 Å². The molecular weight excluding hydrogens is 384 g/mol. The third-order valence-electron chi connectivity index (χ3n) is 6.24. The quantitative estimate of drug-likeness (QED) is 0.655. The Bertz CT molecular complexity index is 1100. The van der Waals surface area contributed by atoms with Crippen LogP contribution in [0.2, 0.25) is 0 Å². The number of fused-ring (bicyclic) bond motifs is 3. The first-order valence-corrected chi connectivity index (χ1v) is 11.6. The Labute approximate surface area is 171 Å². The van der Waals surface area contributed by atoms with Gasteiger partial charge in [0.25, 0.3) is 0 Å². The van der Waals surface area contributed by atoms with Crippen LogP contribution in [0.1, 0.15) is 12.0 Å². The number of hydrogen-bond acceptors (Lipinski definition) is 4. The fourth-order valence-corrected chi connectivity index (χ4v) is 6.41. The smallest absolute Gasteiger partial charge is 0.243 e. The molecule has 2 N–H and O–H groups in total. The highest BCUT2D eigenvalue weighted by Crippen LogP contribution is 2.30. The summed E-state index contributed by atoms with van der Waals surface area (Å²) in [6.07, 6.45) is 2.87. The summed E-state index contributed by atoms with van der Waals surface area (Å²) in [5, 5.41) is 4.81. The Morgan fingerprint density at radius 1 is 1.03 bits per heavy atom. The van der Waals surface area contributed by atoms with Gasteiger partial charge < -0.3 is 10.3 Å². The summed E-state index contributed by atoms with van der Waals surface area (Å²) in [7, 11) is -3.45. The van der Waals surface area contributed by atoms with Gasteiger partial charge in [0.1, 0.15) is 0 Å². The average Bonchev–Trinajstić information content (AvgIpc) is 3.38. The maximum atomic E-state index is 13.2. The molecule has 0 aliphatic carbocycles. The maximum absolute atomic E-state index is 13.2. The highest BCUT2D eigenvalue weighted by atomic mass is 32.2. The van der Waals surface area contributed by atoms with Crippen LogP contribution in [0, 0.1) is 0 Å². The molecule has 1 aromatic heterocycles. The van der Waals surface area contributed by atoms with Gasteiger partial charge in [0.15, 0.2) is 0 Å². The molecule has 0 spiro atoms. The topological polar surface area (TPSA) is 68.4 Å². The van der Waals surface area contributed by atoms with E-state index in [1.165, 1.54) is 10.9 Å². The zero-order valence-corrected chi connectivity index (χ0v) is 17.1. The molecule has 2 aliphatic rings. The molecule has 152 valence electrons. The molecule has 0 amide bonds. The molecule has 6 nitrogen and oxygen atoms in total. The lowest BCUT2D eigenvalue weighted by Crippen LogP contribution is -2.57. The van der Waals surface area contributed by atoms with Crippen molar-refractivity contribution < 1.29 is 8.42 Å². The molecule has 29 heavy (non-hydrogen) atoms. The Kier molecular flexibility index (Phi) is 4.91. The van der Waals surface area contributed by atoms with E-state index in [0.29, 0.717) is 11.4 Å². The Balaban J connectivity index is 1.29. The number of rotatable bonds is 6. The van der Waals surface area contributed by atoms with Gasteiger partial charge in [0.2, 0.25) is 10.0 Å². The summed E-state index contributed by atoms with van der Waals surface area (Å²) >= 11 is 0. The predicted molar refractivity (Wildman–Crippen MR) is 114 cm³/mol. The van der Waals surface area contributed by atoms with Crippen LogP contribution < -0.4 is 5.32 Å². The number of nitrogens with zero attached hydrogens (tertiary/aromatic N) is 2. The van der Waals surface area contributed by atoms with Crippen molar-refractivity contribution in [1.29, 1.82) is 0 Å². The van der Waals surface area contributed by atoms with Crippen LogP contribution in [0.5, 0.6) is 0 Å². The minimum atomic E-state index is -3.45. The summed E-state index contributed by atoms with van der Waals surface area (Å²) in [6, 6.07) is 17.5. The molecule has 3 aromatic rings. The van der Waals surface area contributed by atoms with E-state index >= 15 is 0 Å². The second-order valence-corrected chi connectivity index (χ2v) is 9.86. The molecule has 0 radical (unpaired) electrons. The Morgan fingerprint density at radius 2 is 1.90 bits per heavy atom. The lowest BCUT2D eigenvalue weighted by molar-refractivity contribution is 0.141. The third kappa shape index (κ3) is 3.48. The maximum Gasteiger partial charge on any atom is 0.243 e. The largest absolute Gasteiger partial charge is 0.361 e. The molecule has 7 heteroatoms. The van der Waals surface area contributed by atoms with Gasteiger partial charge in [-0.15, -0.1) is 0 Å². The zero-order valence-electron chi connectivity index (χ0n) is 16.3. The number of sulfonamides is 1. The predicted octanol–water partition coefficient (Wildman–Crippen LogP) is 2.40. The standard InChI is InChI=1S/C22H26N4O2S/c27-29(28,20-6-2-1-3-7-20)26-16-19(25-12-10-18(26)15-25)14-23-13-17-5-4-8-22-21(17)9-11-24-22/h1-9,11,18-19,23-24H,10,12-16H2. The van der Waals surface area contributed by atoms with Gasteiger partial charge in [0.05, 0.1) is 4.90 Å². The van der Waals surface area contributed by atoms with E-state index in [9.17, 15) is 8.42 Å². The van der Waals surface area contributed by atoms with E-state index < -0.39 is 10.0 Å². The first-order valence-electron chi connectivity index (χ1n) is 10.2. The summed E-state index contributed by atoms with van der Waals surface area (Å²) in [5.41, 5.74) is 2.40. The lowest BCUT2D eigenvalue weighted by atomic mass is 10.1. The SMILES string of the molecule is O=S(=O)(c1ccccc1)N1CC(CNCc2cccc3[nH]ccc23)N2CCC1C2. The van der Waals surface area contributed by atoms with Crippen LogP contribution in [0.15, 0.2) is 65.7 Å². The monoisotopic (exact) mass is 410 g/mol. The van der Waals surface area contributed by atoms with E-state index in [-0.39, 0.29) is 12.1 Å². The molecule has 0 saturated carbocycles. The summed E-state index contributed by atoms with van der Waals surface area (Å²) in [4.78, 5) is 6.08. The van der Waals surface area contributed by atoms with Gasteiger partial charge in [-0.2, -0.15) is 4.31 Å². The highest BCUT2D eigenvalue weighted by molar-refractivity contribution is 7.89. The van der Waals surface area contributed by atoms with Crippen molar-refractivity contribution in [3.05, 3.63) is 66.4 Å². The molecule has 5 rings (SSSR count). The number of aromatic amines is 1. The van der Waals surface area contributed by atoms with E-state index in [0.717, 1.165) is 38.1 Å². The first kappa shape index (κ1) is 18.8. The molecule has 2 bridgehead atoms. The van der Waals surface area contributed by atoms with Crippen LogP contribution in [0.4, 0.5) is 0 Å². The highest BCUT2D eigenvalue weighted by Gasteiger charge is 2.43. The third-order valence-corrected chi connectivity index (χ3v) is 8.17. The van der Waals surface area contributed by atoms with Gasteiger partial charge >= 0.3 is 0 Å². The summed E-state index contributed by atoms with van der Waals surface area (Å²) in [5.74, 6) is 0. The van der Waals surface area contributed by atoms with Gasteiger partial charge in [-0.05, 0) is 36.2 Å². The van der Waals surface area contributed by atoms with Gasteiger partial charge in [-0.1, -0.05) is 30.3 Å². The number of benzene rings is 2. The fourth-order valence-electron chi connectivity index (χ4n) is 4.70. The van der Waals surface area contributed by atoms with Crippen LogP contribution in [0.3, 0.4) is 0 Å². The van der Waals surface area contributed by atoms with Gasteiger partial charge in [0, 0.05) is 61.9 Å². The first-order chi connectivity index (χ1) is 14.1. The van der Waals surface area contributed by atoms with Crippen molar-refractivity contribution in [3.8, 4) is 0 Å². The van der Waals surface area contributed by atoms with E-state index in [2.05, 4.69) is 39.5 Å². The second-order valence-electron chi connectivity index (χ2n) is 7.97. The van der Waals surface area contributed by atoms with Crippen LogP contribution in [0.25, 0.3) is 10.9 Å². The van der Waals surface area contributed by atoms with E-state index in [1.807, 2.05) is 12.3 Å². The van der Waals surface area contributed by atoms with Gasteiger partial charge in [-0.25, -0.2) is 8.42 Å². The van der Waals surface area contributed by atoms with Crippen LogP contribution >= 0.6 is 0 Å². The zero-order chi connectivity index (χ0) is 19.8. The van der Waals surface area contributed by atoms with Crippen molar-refractivity contribution in [2.75, 3.05) is 26.2 Å². The molecule has 2 aromatic carbocycles. The average molecular weight is 411 g/mol. The summed E-state index contributed by atoms with van der Waals surface area (Å²) in [6.45, 7) is 3.88. The summed E-state index contributed by atoms with van der Waals surface area (Å²) < 4.78 is 28.2. The molecule has 3 heterocycles. The molecule has 2 fully saturated rings. The second kappa shape index (κ2) is 7.57. The number of H-pyrrole nitrogens is 1. The van der Waals surface area contributed by atoms with Crippen molar-refractivity contribution >= 4 is 20.9 Å². The number of nitrogens with one attached hydrogen (secondary N) is 2. The number of hydrogen-bond donors (Lipinski definition) is 2. The van der Waals surface area contributed by atoms with Crippen LogP contribution in [-0.4, -0.2) is 60.9 Å². The van der Waals surface area contributed by atoms with Crippen molar-refractivity contribution in [3.63, 3.8) is 0 Å². The van der Waals surface area contributed by atoms with E-state index in [4.69, 9.17) is 0 Å². The Morgan fingerprint density at radius 3 is 2.76 bits per heavy atom. The minimum absolute atomic E-state index is 0.0880. The molecule has 3 unspecified atom stereocenters. The van der Waals surface area contributed by atoms with Crippen molar-refractivity contribution in [2.45, 2.75) is 29.9 Å². The van der Waals surface area contributed by atoms with Crippen LogP contribution in [-0.2, 0) is 16.6 Å². The van der Waals surface area contributed by atoms with Crippen molar-refractivity contribution in [2.24, 2.45) is 0 Å². The molecule has 3 atom stereocenters. The number of piperazine rings is 1.